The van der Waals surface area contributed by atoms with Crippen LogP contribution in [-0.4, -0.2) is 39.0 Å². The van der Waals surface area contributed by atoms with E-state index in [-0.39, 0.29) is 5.82 Å². The third-order valence-electron chi connectivity index (χ3n) is 6.12. The van der Waals surface area contributed by atoms with Gasteiger partial charge in [-0.3, -0.25) is 0 Å². The van der Waals surface area contributed by atoms with Crippen molar-refractivity contribution >= 4 is 50.1 Å². The zero-order valence-electron chi connectivity index (χ0n) is 22.3. The fourth-order valence-electron chi connectivity index (χ4n) is 4.68. The van der Waals surface area contributed by atoms with Gasteiger partial charge in [0.1, 0.15) is 17.3 Å². The van der Waals surface area contributed by atoms with Crippen LogP contribution in [0.5, 0.6) is 0 Å². The van der Waals surface area contributed by atoms with Crippen molar-refractivity contribution in [3.8, 4) is 0 Å². The molecular formula is C30H19F13Sb2. The van der Waals surface area contributed by atoms with Crippen LogP contribution >= 0.6 is 0 Å². The fourth-order valence-corrected chi connectivity index (χ4v) is 4.68. The van der Waals surface area contributed by atoms with Crippen molar-refractivity contribution in [3.05, 3.63) is 166 Å². The Morgan fingerprint density at radius 1 is 0.511 bits per heavy atom. The molecule has 6 rings (SSSR count). The molecule has 0 heterocycles. The van der Waals surface area contributed by atoms with E-state index in [0.29, 0.717) is 0 Å². The Morgan fingerprint density at radius 3 is 1.38 bits per heavy atom. The standard InChI is InChI=1S/C30H19F.12FH.2Sb/c31-23-17-15-22(16-18-23)28-19-29(27-12-6-5-11-26(27)28)30-24-9-3-1-7-20(24)13-14-21-8-2-4-10-25(21)30;;;;;;;;;;;;;;/h1-19H;12*1H;;/q+2;;;;;;;;;;;;;2*+5/p-12. The van der Waals surface area contributed by atoms with Gasteiger partial charge in [-0.15, -0.1) is 0 Å². The minimum absolute atomic E-state index is 0.216. The molecule has 15 heteroatoms. The Kier molecular flexibility index (Phi) is 8.04. The molecule has 0 unspecified atom stereocenters. The molecule has 0 aromatic heterocycles. The van der Waals surface area contributed by atoms with Gasteiger partial charge in [-0.2, -0.15) is 0 Å². The molecule has 2 aromatic carbocycles. The Bertz CT molecular complexity index is 1670. The van der Waals surface area contributed by atoms with Crippen molar-refractivity contribution in [2.24, 2.45) is 0 Å². The van der Waals surface area contributed by atoms with E-state index in [1.165, 1.54) is 57.4 Å². The summed E-state index contributed by atoms with van der Waals surface area (Å²) in [5.74, 6) is 2.24. The van der Waals surface area contributed by atoms with E-state index >= 15 is 0 Å². The van der Waals surface area contributed by atoms with Crippen molar-refractivity contribution in [2.45, 2.75) is 0 Å². The normalized spacial score (nSPS) is 19.8. The van der Waals surface area contributed by atoms with Gasteiger partial charge in [0.05, 0.1) is 29.2 Å². The van der Waals surface area contributed by atoms with Gasteiger partial charge < -0.3 is 0 Å². The van der Waals surface area contributed by atoms with E-state index in [4.69, 9.17) is 0 Å². The molecule has 0 amide bonds. The molecule has 0 fully saturated rings. The monoisotopic (exact) mass is 868 g/mol. The first-order valence-corrected chi connectivity index (χ1v) is 24.1. The maximum atomic E-state index is 13.6. The summed E-state index contributed by atoms with van der Waals surface area (Å²) in [6.07, 6.45) is 23.8. The Balaban J connectivity index is 0.000000277. The van der Waals surface area contributed by atoms with E-state index in [0.717, 1.165) is 11.1 Å². The van der Waals surface area contributed by atoms with Gasteiger partial charge in [0.25, 0.3) is 0 Å². The Hall–Kier alpha value is -3.17. The maximum absolute atomic E-state index is 13.6. The van der Waals surface area contributed by atoms with Crippen molar-refractivity contribution < 1.29 is 38.1 Å². The van der Waals surface area contributed by atoms with Crippen LogP contribution in [0.1, 0.15) is 16.7 Å². The molecule has 0 saturated heterocycles. The first kappa shape index (κ1) is 34.7. The topological polar surface area (TPSA) is 0 Å². The molecule has 0 spiro atoms. The van der Waals surface area contributed by atoms with Gasteiger partial charge in [0.2, 0.25) is 0 Å². The SMILES string of the molecule is Fc1ccc(C2=CC(=C3[C+]4C=CC=CC4=CC=C4C=CC=C[C+]43)c3ccccc32)cc1.[F][Sb-]([F])([F])([F])([F])[F].[F][Sb-]([F])([F])([F])([F])[F]. The van der Waals surface area contributed by atoms with Crippen molar-refractivity contribution in [3.63, 3.8) is 0 Å². The minimum atomic E-state index is -11.2. The average Bonchev–Trinajstić information content (AvgIpc) is 3.16. The number of hydrogen-bond donors (Lipinski definition) is 0. The predicted molar refractivity (Wildman–Crippen MR) is 151 cm³/mol. The number of hydrogen-bond acceptors (Lipinski definition) is 0. The van der Waals surface area contributed by atoms with E-state index in [2.05, 4.69) is 91.1 Å². The van der Waals surface area contributed by atoms with Crippen LogP contribution in [0.2, 0.25) is 0 Å². The molecule has 0 N–H and O–H groups in total. The molecular weight excluding hydrogens is 851 g/mol. The molecule has 0 bridgehead atoms. The number of benzene rings is 2. The molecule has 2 aromatic rings. The Morgan fingerprint density at radius 2 is 0.933 bits per heavy atom. The van der Waals surface area contributed by atoms with E-state index in [1.54, 1.807) is 0 Å². The van der Waals surface area contributed by atoms with Crippen molar-refractivity contribution in [1.29, 1.82) is 0 Å². The van der Waals surface area contributed by atoms with E-state index in [9.17, 15) is 38.1 Å². The van der Waals surface area contributed by atoms with Gasteiger partial charge >= 0.3 is 72.7 Å². The van der Waals surface area contributed by atoms with Gasteiger partial charge in [-0.1, -0.05) is 36.4 Å². The number of halogens is 13. The summed E-state index contributed by atoms with van der Waals surface area (Å²) in [7, 11) is 0. The van der Waals surface area contributed by atoms with Gasteiger partial charge in [0.15, 0.2) is 5.57 Å². The zero-order chi connectivity index (χ0) is 33.6. The zero-order valence-corrected chi connectivity index (χ0v) is 27.4. The second-order valence-electron chi connectivity index (χ2n) is 9.82. The second-order valence-corrected chi connectivity index (χ2v) is 20.8. The first-order chi connectivity index (χ1) is 20.2. The van der Waals surface area contributed by atoms with E-state index < -0.39 is 39.0 Å². The molecule has 0 aliphatic heterocycles. The number of allylic oxidation sites excluding steroid dienone is 15. The third-order valence-corrected chi connectivity index (χ3v) is 6.12. The summed E-state index contributed by atoms with van der Waals surface area (Å²) in [4.78, 5) is 0. The summed E-state index contributed by atoms with van der Waals surface area (Å²) < 4.78 is 133. The summed E-state index contributed by atoms with van der Waals surface area (Å²) in [6.45, 7) is 0. The number of rotatable bonds is 1. The third kappa shape index (κ3) is 11.6. The fraction of sp³-hybridized carbons (Fsp3) is 0. The van der Waals surface area contributed by atoms with Crippen LogP contribution in [-0.2, 0) is 0 Å². The molecule has 4 aliphatic carbocycles. The van der Waals surface area contributed by atoms with Crippen LogP contribution in [0, 0.1) is 17.7 Å². The van der Waals surface area contributed by atoms with Crippen LogP contribution in [0.4, 0.5) is 38.1 Å². The average molecular weight is 870 g/mol. The van der Waals surface area contributed by atoms with Gasteiger partial charge in [-0.05, 0) is 35.9 Å². The van der Waals surface area contributed by atoms with Crippen molar-refractivity contribution in [1.82, 2.24) is 0 Å². The molecule has 45 heavy (non-hydrogen) atoms. The predicted octanol–water partition coefficient (Wildman–Crippen LogP) is 11.6. The molecule has 0 saturated carbocycles. The van der Waals surface area contributed by atoms with Crippen LogP contribution < -0.4 is 0 Å². The summed E-state index contributed by atoms with van der Waals surface area (Å²) >= 11 is -22.5. The van der Waals surface area contributed by atoms with Crippen LogP contribution in [0.15, 0.2) is 132 Å². The van der Waals surface area contributed by atoms with E-state index in [1.807, 2.05) is 12.1 Å². The molecule has 0 nitrogen and oxygen atoms in total. The second kappa shape index (κ2) is 10.4. The van der Waals surface area contributed by atoms with Crippen LogP contribution in [0.3, 0.4) is 0 Å². The molecule has 0 atom stereocenters. The molecule has 0 radical (unpaired) electrons. The van der Waals surface area contributed by atoms with Gasteiger partial charge in [-0.25, -0.2) is 4.39 Å². The summed E-state index contributed by atoms with van der Waals surface area (Å²) in [5.41, 5.74) is 9.42. The molecule has 4 aliphatic rings. The van der Waals surface area contributed by atoms with Crippen LogP contribution in [0.25, 0.3) is 11.1 Å². The van der Waals surface area contributed by atoms with Crippen molar-refractivity contribution in [2.75, 3.05) is 0 Å². The summed E-state index contributed by atoms with van der Waals surface area (Å²) in [5, 5.41) is 0. The first-order valence-electron chi connectivity index (χ1n) is 12.5. The summed E-state index contributed by atoms with van der Waals surface area (Å²) in [6, 6.07) is 15.3. The quantitative estimate of drug-likeness (QED) is 0.152. The Labute approximate surface area is 253 Å². The number of fused-ring (bicyclic) bond motifs is 3. The molecule has 240 valence electrons. The van der Waals surface area contributed by atoms with Gasteiger partial charge in [0, 0.05) is 53.2 Å².